The lowest BCUT2D eigenvalue weighted by Gasteiger charge is -2.34. The highest BCUT2D eigenvalue weighted by molar-refractivity contribution is 6.04. The van der Waals surface area contributed by atoms with Crippen molar-refractivity contribution in [2.45, 2.75) is 12.3 Å². The molecule has 1 unspecified atom stereocenters. The van der Waals surface area contributed by atoms with Crippen molar-refractivity contribution in [2.75, 3.05) is 0 Å². The maximum Gasteiger partial charge on any atom is 0.0972 e. The summed E-state index contributed by atoms with van der Waals surface area (Å²) in [5, 5.41) is 4.34. The predicted molar refractivity (Wildman–Crippen MR) is 197 cm³/mol. The molecule has 1 atom stereocenters. The van der Waals surface area contributed by atoms with Crippen molar-refractivity contribution in [3.8, 4) is 22.5 Å². The molecule has 0 radical (unpaired) electrons. The van der Waals surface area contributed by atoms with E-state index in [4.69, 9.17) is 15.0 Å². The van der Waals surface area contributed by atoms with Gasteiger partial charge in [0.2, 0.25) is 0 Å². The summed E-state index contributed by atoms with van der Waals surface area (Å²) in [4.78, 5) is 19.7. The van der Waals surface area contributed by atoms with Gasteiger partial charge in [-0.25, -0.2) is 9.97 Å². The van der Waals surface area contributed by atoms with E-state index in [1.165, 1.54) is 16.7 Å². The fourth-order valence-electron chi connectivity index (χ4n) is 7.12. The van der Waals surface area contributed by atoms with Gasteiger partial charge < -0.3 is 0 Å². The van der Waals surface area contributed by atoms with Crippen LogP contribution < -0.4 is 0 Å². The van der Waals surface area contributed by atoms with E-state index in [-0.39, 0.29) is 0 Å². The third-order valence-electron chi connectivity index (χ3n) is 9.72. The van der Waals surface area contributed by atoms with Crippen LogP contribution in [-0.4, -0.2) is 19.9 Å². The average molecular weight is 615 g/mol. The SMILES string of the molecule is CC(c1ccccc1)(c1ccc(-c2ccc3ccc4cccnc4c3n2)cc1)c1ccccc1-c1ccc2ccc3cccnc3c2n1. The highest BCUT2D eigenvalue weighted by Gasteiger charge is 2.33. The molecular weight excluding hydrogens is 585 g/mol. The van der Waals surface area contributed by atoms with Gasteiger partial charge in [0.15, 0.2) is 0 Å². The van der Waals surface area contributed by atoms with Crippen LogP contribution in [0.25, 0.3) is 66.1 Å². The van der Waals surface area contributed by atoms with Crippen LogP contribution in [0.1, 0.15) is 23.6 Å². The zero-order valence-corrected chi connectivity index (χ0v) is 26.4. The molecule has 4 heteroatoms. The second-order valence-electron chi connectivity index (χ2n) is 12.4. The second-order valence-corrected chi connectivity index (χ2v) is 12.4. The third kappa shape index (κ3) is 4.53. The first-order valence-corrected chi connectivity index (χ1v) is 16.2. The lowest BCUT2D eigenvalue weighted by Crippen LogP contribution is -2.26. The van der Waals surface area contributed by atoms with Crippen LogP contribution in [0.3, 0.4) is 0 Å². The lowest BCUT2D eigenvalue weighted by atomic mass is 9.69. The number of fused-ring (bicyclic) bond motifs is 6. The largest absolute Gasteiger partial charge is 0.254 e. The van der Waals surface area contributed by atoms with Crippen molar-refractivity contribution >= 4 is 43.6 Å². The van der Waals surface area contributed by atoms with Gasteiger partial charge in [0, 0.05) is 50.5 Å². The quantitative estimate of drug-likeness (QED) is 0.143. The van der Waals surface area contributed by atoms with Gasteiger partial charge in [-0.05, 0) is 47.9 Å². The molecule has 0 saturated heterocycles. The van der Waals surface area contributed by atoms with Crippen LogP contribution >= 0.6 is 0 Å². The molecule has 4 nitrogen and oxygen atoms in total. The molecule has 226 valence electrons. The van der Waals surface area contributed by atoms with Crippen molar-refractivity contribution in [3.05, 3.63) is 181 Å². The lowest BCUT2D eigenvalue weighted by molar-refractivity contribution is 0.694. The molecule has 0 amide bonds. The molecule has 0 spiro atoms. The van der Waals surface area contributed by atoms with E-state index in [0.717, 1.165) is 66.1 Å². The van der Waals surface area contributed by atoms with Crippen LogP contribution in [-0.2, 0) is 5.41 Å². The minimum Gasteiger partial charge on any atom is -0.254 e. The Morgan fingerprint density at radius 1 is 0.396 bits per heavy atom. The Hall–Kier alpha value is -6.26. The molecule has 4 aromatic heterocycles. The minimum atomic E-state index is -0.471. The van der Waals surface area contributed by atoms with Gasteiger partial charge >= 0.3 is 0 Å². The van der Waals surface area contributed by atoms with E-state index in [0.29, 0.717) is 0 Å². The average Bonchev–Trinajstić information content (AvgIpc) is 3.17. The molecule has 9 rings (SSSR count). The van der Waals surface area contributed by atoms with Crippen LogP contribution in [0.15, 0.2) is 164 Å². The molecule has 0 aliphatic carbocycles. The van der Waals surface area contributed by atoms with Gasteiger partial charge in [-0.2, -0.15) is 0 Å². The first-order chi connectivity index (χ1) is 23.7. The Morgan fingerprint density at radius 2 is 0.896 bits per heavy atom. The van der Waals surface area contributed by atoms with Crippen molar-refractivity contribution < 1.29 is 0 Å². The van der Waals surface area contributed by atoms with Gasteiger partial charge in [0.1, 0.15) is 0 Å². The van der Waals surface area contributed by atoms with Crippen LogP contribution in [0.2, 0.25) is 0 Å². The molecule has 0 N–H and O–H groups in total. The molecule has 0 bridgehead atoms. The van der Waals surface area contributed by atoms with Gasteiger partial charge in [-0.1, -0.05) is 127 Å². The zero-order valence-electron chi connectivity index (χ0n) is 26.4. The Labute approximate surface area is 278 Å². The zero-order chi connectivity index (χ0) is 32.1. The summed E-state index contributed by atoms with van der Waals surface area (Å²) in [7, 11) is 0. The predicted octanol–water partition coefficient (Wildman–Crippen LogP) is 10.6. The standard InChI is InChI=1S/C44H30N4/c1-44(34-11-3-2-4-12-34,35-23-19-29(20-24-35)38-25-21-32-17-15-30-9-7-27-45-40(30)42(32)47-38)37-14-6-5-13-36(37)39-26-22-33-18-16-31-10-8-28-46-41(31)43(33)48-39/h2-28H,1H3. The maximum absolute atomic E-state index is 5.26. The third-order valence-corrected chi connectivity index (χ3v) is 9.72. The molecule has 0 aliphatic rings. The summed E-state index contributed by atoms with van der Waals surface area (Å²) >= 11 is 0. The summed E-state index contributed by atoms with van der Waals surface area (Å²) in [6.45, 7) is 2.32. The van der Waals surface area contributed by atoms with E-state index in [1.54, 1.807) is 0 Å². The van der Waals surface area contributed by atoms with E-state index in [9.17, 15) is 0 Å². The van der Waals surface area contributed by atoms with Gasteiger partial charge in [-0.15, -0.1) is 0 Å². The Morgan fingerprint density at radius 3 is 1.54 bits per heavy atom. The highest BCUT2D eigenvalue weighted by Crippen LogP contribution is 2.44. The molecule has 0 aliphatic heterocycles. The van der Waals surface area contributed by atoms with Gasteiger partial charge in [0.05, 0.1) is 33.5 Å². The summed E-state index contributed by atoms with van der Waals surface area (Å²) in [5.41, 5.74) is 10.8. The number of hydrogen-bond acceptors (Lipinski definition) is 4. The minimum absolute atomic E-state index is 0.471. The monoisotopic (exact) mass is 614 g/mol. The summed E-state index contributed by atoms with van der Waals surface area (Å²) in [5.74, 6) is 0. The van der Waals surface area contributed by atoms with Crippen LogP contribution in [0, 0.1) is 0 Å². The molecule has 0 fully saturated rings. The smallest absolute Gasteiger partial charge is 0.0972 e. The number of aromatic nitrogens is 4. The molecule has 5 aromatic carbocycles. The fraction of sp³-hybridized carbons (Fsp3) is 0.0455. The van der Waals surface area contributed by atoms with E-state index in [1.807, 2.05) is 24.5 Å². The van der Waals surface area contributed by atoms with Crippen LogP contribution in [0.4, 0.5) is 0 Å². The first kappa shape index (κ1) is 28.0. The summed E-state index contributed by atoms with van der Waals surface area (Å²) < 4.78 is 0. The summed E-state index contributed by atoms with van der Waals surface area (Å²) in [6, 6.07) is 53.4. The number of benzene rings is 5. The molecular formula is C44H30N4. The maximum atomic E-state index is 5.26. The van der Waals surface area contributed by atoms with E-state index < -0.39 is 5.41 Å². The number of rotatable bonds is 5. The number of pyridine rings is 4. The molecule has 4 heterocycles. The molecule has 48 heavy (non-hydrogen) atoms. The van der Waals surface area contributed by atoms with Crippen LogP contribution in [0.5, 0.6) is 0 Å². The van der Waals surface area contributed by atoms with E-state index >= 15 is 0 Å². The van der Waals surface area contributed by atoms with Crippen molar-refractivity contribution in [1.29, 1.82) is 0 Å². The van der Waals surface area contributed by atoms with Crippen molar-refractivity contribution in [1.82, 2.24) is 19.9 Å². The molecule has 0 saturated carbocycles. The van der Waals surface area contributed by atoms with Gasteiger partial charge in [-0.3, -0.25) is 9.97 Å². The van der Waals surface area contributed by atoms with Gasteiger partial charge in [0.25, 0.3) is 0 Å². The molecule has 9 aromatic rings. The van der Waals surface area contributed by atoms with Crippen molar-refractivity contribution in [2.24, 2.45) is 0 Å². The van der Waals surface area contributed by atoms with Crippen molar-refractivity contribution in [3.63, 3.8) is 0 Å². The Balaban J connectivity index is 1.19. The highest BCUT2D eigenvalue weighted by atomic mass is 14.8. The second kappa shape index (κ2) is 11.2. The summed E-state index contributed by atoms with van der Waals surface area (Å²) in [6.07, 6.45) is 3.67. The Kier molecular flexibility index (Phi) is 6.54. The topological polar surface area (TPSA) is 51.6 Å². The first-order valence-electron chi connectivity index (χ1n) is 16.2. The Bertz CT molecular complexity index is 2630. The number of nitrogens with zero attached hydrogens (tertiary/aromatic N) is 4. The fourth-order valence-corrected chi connectivity index (χ4v) is 7.12. The number of hydrogen-bond donors (Lipinski definition) is 0. The normalized spacial score (nSPS) is 12.9. The van der Waals surface area contributed by atoms with E-state index in [2.05, 4.69) is 151 Å².